The molecular weight excluding hydrogens is 414 g/mol. The van der Waals surface area contributed by atoms with Gasteiger partial charge in [-0.1, -0.05) is 6.07 Å². The minimum absolute atomic E-state index is 0.177. The topological polar surface area (TPSA) is 111 Å². The summed E-state index contributed by atoms with van der Waals surface area (Å²) in [4.78, 5) is 30.3. The average Bonchev–Trinajstić information content (AvgIpc) is 3.10. The van der Waals surface area contributed by atoms with E-state index in [2.05, 4.69) is 37.4 Å². The molecule has 33 heavy (non-hydrogen) atoms. The maximum atomic E-state index is 12.8. The molecule has 1 aromatic carbocycles. The molecule has 0 saturated carbocycles. The number of nitrogens with zero attached hydrogens (tertiary/aromatic N) is 5. The van der Waals surface area contributed by atoms with Crippen molar-refractivity contribution in [1.29, 1.82) is 0 Å². The summed E-state index contributed by atoms with van der Waals surface area (Å²) in [6.45, 7) is 4.22. The quantitative estimate of drug-likeness (QED) is 0.436. The molecule has 0 unspecified atom stereocenters. The summed E-state index contributed by atoms with van der Waals surface area (Å²) in [6, 6.07) is 13.7. The zero-order valence-electron chi connectivity index (χ0n) is 18.4. The van der Waals surface area contributed by atoms with Crippen LogP contribution >= 0.6 is 0 Å². The van der Waals surface area contributed by atoms with Crippen LogP contribution in [0.4, 0.5) is 5.95 Å². The van der Waals surface area contributed by atoms with E-state index in [-0.39, 0.29) is 5.91 Å². The second kappa shape index (κ2) is 8.31. The van der Waals surface area contributed by atoms with Gasteiger partial charge in [-0.15, -0.1) is 0 Å². The number of nitrogen functional groups attached to an aromatic ring is 1. The van der Waals surface area contributed by atoms with E-state index in [4.69, 9.17) is 5.73 Å². The SMILES string of the molecule is Cc1cnc2ccc(Cc3cc(C(=O)NCc4cc5c(C)nc(N)n5cn4)ccn3)cc2c1. The Bertz CT molecular complexity index is 1510. The van der Waals surface area contributed by atoms with Crippen molar-refractivity contribution in [3.8, 4) is 0 Å². The van der Waals surface area contributed by atoms with E-state index in [0.717, 1.165) is 44.6 Å². The number of aromatic nitrogens is 5. The number of aryl methyl sites for hydroxylation is 2. The van der Waals surface area contributed by atoms with E-state index in [1.165, 1.54) is 0 Å². The van der Waals surface area contributed by atoms with E-state index < -0.39 is 0 Å². The van der Waals surface area contributed by atoms with Crippen molar-refractivity contribution >= 4 is 28.3 Å². The second-order valence-corrected chi connectivity index (χ2v) is 8.13. The van der Waals surface area contributed by atoms with Crippen LogP contribution in [-0.2, 0) is 13.0 Å². The lowest BCUT2D eigenvalue weighted by Gasteiger charge is -2.08. The number of carbonyl (C=O) groups is 1. The summed E-state index contributed by atoms with van der Waals surface area (Å²) in [5, 5.41) is 4.03. The van der Waals surface area contributed by atoms with Gasteiger partial charge in [-0.2, -0.15) is 0 Å². The summed E-state index contributed by atoms with van der Waals surface area (Å²) < 4.78 is 1.72. The molecule has 8 heteroatoms. The molecule has 0 radical (unpaired) electrons. The number of benzene rings is 1. The molecule has 0 aliphatic rings. The summed E-state index contributed by atoms with van der Waals surface area (Å²) in [5.41, 5.74) is 12.9. The molecule has 0 aliphatic carbocycles. The Kier molecular flexibility index (Phi) is 5.18. The van der Waals surface area contributed by atoms with Gasteiger partial charge in [0.25, 0.3) is 5.91 Å². The van der Waals surface area contributed by atoms with Gasteiger partial charge < -0.3 is 11.1 Å². The van der Waals surface area contributed by atoms with Crippen molar-refractivity contribution in [2.75, 3.05) is 5.73 Å². The van der Waals surface area contributed by atoms with Crippen LogP contribution in [0, 0.1) is 13.8 Å². The highest BCUT2D eigenvalue weighted by atomic mass is 16.1. The highest BCUT2D eigenvalue weighted by Gasteiger charge is 2.10. The summed E-state index contributed by atoms with van der Waals surface area (Å²) >= 11 is 0. The van der Waals surface area contributed by atoms with Crippen LogP contribution in [-0.4, -0.2) is 30.2 Å². The molecule has 1 amide bonds. The monoisotopic (exact) mass is 437 g/mol. The number of nitrogens with one attached hydrogen (secondary N) is 1. The van der Waals surface area contributed by atoms with Crippen molar-refractivity contribution < 1.29 is 4.79 Å². The van der Waals surface area contributed by atoms with Crippen LogP contribution in [0.15, 0.2) is 61.2 Å². The molecule has 5 aromatic rings. The Hall–Kier alpha value is -4.33. The molecule has 4 aromatic heterocycles. The molecule has 0 atom stereocenters. The molecule has 8 nitrogen and oxygen atoms in total. The number of imidazole rings is 1. The van der Waals surface area contributed by atoms with Crippen molar-refractivity contribution in [3.63, 3.8) is 0 Å². The molecule has 164 valence electrons. The predicted molar refractivity (Wildman–Crippen MR) is 127 cm³/mol. The van der Waals surface area contributed by atoms with Gasteiger partial charge in [0.1, 0.15) is 6.33 Å². The minimum Gasteiger partial charge on any atom is -0.369 e. The van der Waals surface area contributed by atoms with Gasteiger partial charge in [-0.25, -0.2) is 9.97 Å². The fourth-order valence-electron chi connectivity index (χ4n) is 3.90. The third-order valence-corrected chi connectivity index (χ3v) is 5.58. The van der Waals surface area contributed by atoms with Crippen LogP contribution in [0.3, 0.4) is 0 Å². The molecule has 0 aliphatic heterocycles. The average molecular weight is 438 g/mol. The lowest BCUT2D eigenvalue weighted by atomic mass is 10.0. The summed E-state index contributed by atoms with van der Waals surface area (Å²) in [7, 11) is 0. The maximum absolute atomic E-state index is 12.8. The zero-order chi connectivity index (χ0) is 22.9. The molecule has 0 spiro atoms. The Morgan fingerprint density at radius 3 is 2.79 bits per heavy atom. The van der Waals surface area contributed by atoms with Gasteiger partial charge in [0.15, 0.2) is 0 Å². The molecule has 4 heterocycles. The Balaban J connectivity index is 1.29. The van der Waals surface area contributed by atoms with Gasteiger partial charge in [0, 0.05) is 35.5 Å². The van der Waals surface area contributed by atoms with E-state index in [1.54, 1.807) is 23.0 Å². The van der Waals surface area contributed by atoms with Crippen LogP contribution in [0.25, 0.3) is 16.4 Å². The molecule has 5 rings (SSSR count). The van der Waals surface area contributed by atoms with Gasteiger partial charge in [-0.3, -0.25) is 19.2 Å². The Morgan fingerprint density at radius 1 is 1.03 bits per heavy atom. The first-order valence-electron chi connectivity index (χ1n) is 10.6. The highest BCUT2D eigenvalue weighted by Crippen LogP contribution is 2.18. The number of hydrogen-bond acceptors (Lipinski definition) is 6. The van der Waals surface area contributed by atoms with Crippen LogP contribution < -0.4 is 11.1 Å². The zero-order valence-corrected chi connectivity index (χ0v) is 18.4. The van der Waals surface area contributed by atoms with Gasteiger partial charge in [-0.05, 0) is 61.4 Å². The first-order valence-corrected chi connectivity index (χ1v) is 10.6. The third kappa shape index (κ3) is 4.23. The Morgan fingerprint density at radius 2 is 1.91 bits per heavy atom. The van der Waals surface area contributed by atoms with Crippen molar-refractivity contribution in [2.45, 2.75) is 26.8 Å². The van der Waals surface area contributed by atoms with Crippen LogP contribution in [0.1, 0.15) is 38.6 Å². The Labute approximate surface area is 190 Å². The number of hydrogen-bond donors (Lipinski definition) is 2. The first kappa shape index (κ1) is 20.6. The second-order valence-electron chi connectivity index (χ2n) is 8.13. The lowest BCUT2D eigenvalue weighted by Crippen LogP contribution is -2.23. The number of pyridine rings is 2. The standard InChI is InChI=1S/C25H23N7O/c1-15-7-19-8-17(3-4-22(19)28-12-15)9-20-10-18(5-6-27-20)24(33)29-13-21-11-23-16(2)31-25(26)32(23)14-30-21/h3-8,10-12,14H,9,13H2,1-2H3,(H2,26,31)(H,29,33). The van der Waals surface area contributed by atoms with E-state index in [1.807, 2.05) is 44.3 Å². The molecular formula is C25H23N7O. The van der Waals surface area contributed by atoms with Crippen molar-refractivity contribution in [2.24, 2.45) is 0 Å². The number of fused-ring (bicyclic) bond motifs is 2. The van der Waals surface area contributed by atoms with Gasteiger partial charge in [0.2, 0.25) is 5.95 Å². The molecule has 0 fully saturated rings. The van der Waals surface area contributed by atoms with Crippen LogP contribution in [0.2, 0.25) is 0 Å². The number of nitrogens with two attached hydrogens (primary N) is 1. The number of amides is 1. The highest BCUT2D eigenvalue weighted by molar-refractivity contribution is 5.94. The molecule has 0 bridgehead atoms. The van der Waals surface area contributed by atoms with E-state index in [9.17, 15) is 4.79 Å². The van der Waals surface area contributed by atoms with E-state index >= 15 is 0 Å². The predicted octanol–water partition coefficient (Wildman–Crippen LogP) is 3.39. The van der Waals surface area contributed by atoms with Crippen LogP contribution in [0.5, 0.6) is 0 Å². The summed E-state index contributed by atoms with van der Waals surface area (Å²) in [6.07, 6.45) is 5.79. The van der Waals surface area contributed by atoms with Gasteiger partial charge >= 0.3 is 0 Å². The lowest BCUT2D eigenvalue weighted by molar-refractivity contribution is 0.0950. The van der Waals surface area contributed by atoms with Gasteiger partial charge in [0.05, 0.1) is 29.0 Å². The first-order chi connectivity index (χ1) is 16.0. The number of anilines is 1. The largest absolute Gasteiger partial charge is 0.369 e. The van der Waals surface area contributed by atoms with Crippen molar-refractivity contribution in [1.82, 2.24) is 29.7 Å². The molecule has 0 saturated heterocycles. The molecule has 3 N–H and O–H groups in total. The normalized spacial score (nSPS) is 11.2. The third-order valence-electron chi connectivity index (χ3n) is 5.58. The van der Waals surface area contributed by atoms with E-state index in [0.29, 0.717) is 24.5 Å². The number of rotatable bonds is 5. The summed E-state index contributed by atoms with van der Waals surface area (Å²) in [5.74, 6) is 0.219. The fraction of sp³-hybridized carbons (Fsp3) is 0.160. The number of carbonyl (C=O) groups excluding carboxylic acids is 1. The maximum Gasteiger partial charge on any atom is 0.251 e. The fourth-order valence-corrected chi connectivity index (χ4v) is 3.90. The van der Waals surface area contributed by atoms with Crippen molar-refractivity contribution in [3.05, 3.63) is 95.0 Å². The minimum atomic E-state index is -0.177. The smallest absolute Gasteiger partial charge is 0.251 e.